The molecular weight excluding hydrogens is 260 g/mol. The molecule has 1 N–H and O–H groups in total. The zero-order valence-corrected chi connectivity index (χ0v) is 13.9. The summed E-state index contributed by atoms with van der Waals surface area (Å²) in [5, 5.41) is 10.3. The van der Waals surface area contributed by atoms with Crippen LogP contribution in [0.5, 0.6) is 5.75 Å². The first kappa shape index (κ1) is 17.8. The van der Waals surface area contributed by atoms with Gasteiger partial charge in [-0.25, -0.2) is 0 Å². The van der Waals surface area contributed by atoms with E-state index in [-0.39, 0.29) is 0 Å². The molecule has 0 aliphatic heterocycles. The molecule has 0 aromatic heterocycles. The third-order valence-corrected chi connectivity index (χ3v) is 3.72. The first-order chi connectivity index (χ1) is 9.99. The number of unbranched alkanes of at least 4 members (excludes halogenated alkanes) is 3. The maximum absolute atomic E-state index is 10.3. The molecule has 118 valence electrons. The van der Waals surface area contributed by atoms with Gasteiger partial charge in [-0.05, 0) is 50.8 Å². The van der Waals surface area contributed by atoms with E-state index in [0.717, 1.165) is 18.6 Å². The van der Waals surface area contributed by atoms with Crippen molar-refractivity contribution in [2.45, 2.75) is 71.5 Å². The number of rotatable bonds is 9. The topological polar surface area (TPSA) is 29.5 Å². The number of hydrogen-bond acceptors (Lipinski definition) is 2. The van der Waals surface area contributed by atoms with Crippen LogP contribution in [0.2, 0.25) is 0 Å². The van der Waals surface area contributed by atoms with E-state index in [0.29, 0.717) is 0 Å². The quantitative estimate of drug-likeness (QED) is 0.517. The number of benzene rings is 1. The van der Waals surface area contributed by atoms with Crippen LogP contribution in [0.3, 0.4) is 0 Å². The summed E-state index contributed by atoms with van der Waals surface area (Å²) >= 11 is 0. The normalized spacial score (nSPS) is 13.6. The maximum Gasteiger partial charge on any atom is 0.133 e. The third kappa shape index (κ3) is 6.34. The summed E-state index contributed by atoms with van der Waals surface area (Å²) in [6, 6.07) is 8.08. The van der Waals surface area contributed by atoms with Crippen LogP contribution in [0.4, 0.5) is 0 Å². The Hall–Kier alpha value is -1.28. The Bertz CT molecular complexity index is 418. The third-order valence-electron chi connectivity index (χ3n) is 3.72. The van der Waals surface area contributed by atoms with Crippen molar-refractivity contribution in [2.75, 3.05) is 0 Å². The van der Waals surface area contributed by atoms with Gasteiger partial charge in [-0.2, -0.15) is 0 Å². The van der Waals surface area contributed by atoms with Crippen molar-refractivity contribution >= 4 is 0 Å². The maximum atomic E-state index is 10.3. The van der Waals surface area contributed by atoms with Gasteiger partial charge in [-0.3, -0.25) is 0 Å². The zero-order valence-electron chi connectivity index (χ0n) is 13.9. The summed E-state index contributed by atoms with van der Waals surface area (Å²) in [5.74, 6) is 0.802. The second-order valence-electron chi connectivity index (χ2n) is 6.07. The number of aryl methyl sites for hydroxylation is 1. The van der Waals surface area contributed by atoms with Crippen molar-refractivity contribution in [3.8, 4) is 5.75 Å². The molecule has 0 fully saturated rings. The van der Waals surface area contributed by atoms with Gasteiger partial charge in [0.05, 0.1) is 0 Å². The van der Waals surface area contributed by atoms with Gasteiger partial charge >= 0.3 is 0 Å². The van der Waals surface area contributed by atoms with E-state index >= 15 is 0 Å². The molecule has 1 atom stereocenters. The number of allylic oxidation sites excluding steroid dienone is 1. The minimum absolute atomic E-state index is 0.607. The Balaban J connectivity index is 2.53. The summed E-state index contributed by atoms with van der Waals surface area (Å²) in [5.41, 5.74) is 0.658. The van der Waals surface area contributed by atoms with Crippen molar-refractivity contribution in [1.82, 2.24) is 0 Å². The van der Waals surface area contributed by atoms with Crippen LogP contribution in [-0.2, 0) is 6.42 Å². The fourth-order valence-electron chi connectivity index (χ4n) is 2.13. The minimum Gasteiger partial charge on any atom is -0.485 e. The van der Waals surface area contributed by atoms with Gasteiger partial charge in [0.1, 0.15) is 17.5 Å². The molecule has 0 aliphatic rings. The van der Waals surface area contributed by atoms with Crippen molar-refractivity contribution in [1.29, 1.82) is 0 Å². The van der Waals surface area contributed by atoms with E-state index in [2.05, 4.69) is 32.1 Å². The van der Waals surface area contributed by atoms with Crippen molar-refractivity contribution in [2.24, 2.45) is 0 Å². The highest BCUT2D eigenvalue weighted by atomic mass is 16.5. The Morgan fingerprint density at radius 2 is 1.81 bits per heavy atom. The fourth-order valence-corrected chi connectivity index (χ4v) is 2.13. The SMILES string of the molecule is CCCCC/C=C/C(O)C(C)(C)Oc1ccc(CC)cc1. The van der Waals surface area contributed by atoms with Crippen LogP contribution < -0.4 is 4.74 Å². The van der Waals surface area contributed by atoms with Gasteiger partial charge in [0.25, 0.3) is 0 Å². The van der Waals surface area contributed by atoms with Gasteiger partial charge < -0.3 is 9.84 Å². The summed E-state index contributed by atoms with van der Waals surface area (Å²) in [6.07, 6.45) is 8.99. The molecule has 1 rings (SSSR count). The lowest BCUT2D eigenvalue weighted by atomic mass is 10.00. The Kier molecular flexibility index (Phi) is 7.52. The van der Waals surface area contributed by atoms with E-state index < -0.39 is 11.7 Å². The highest BCUT2D eigenvalue weighted by Crippen LogP contribution is 2.22. The van der Waals surface area contributed by atoms with Crippen LogP contribution in [-0.4, -0.2) is 16.8 Å². The molecule has 1 aromatic carbocycles. The highest BCUT2D eigenvalue weighted by Gasteiger charge is 2.27. The highest BCUT2D eigenvalue weighted by molar-refractivity contribution is 5.28. The van der Waals surface area contributed by atoms with Crippen molar-refractivity contribution < 1.29 is 9.84 Å². The lowest BCUT2D eigenvalue weighted by Gasteiger charge is -2.30. The van der Waals surface area contributed by atoms with Crippen LogP contribution in [0.25, 0.3) is 0 Å². The molecule has 0 amide bonds. The van der Waals surface area contributed by atoms with Crippen LogP contribution in [0, 0.1) is 0 Å². The molecule has 0 spiro atoms. The van der Waals surface area contributed by atoms with Crippen molar-refractivity contribution in [3.05, 3.63) is 42.0 Å². The summed E-state index contributed by atoms with van der Waals surface area (Å²) in [6.45, 7) is 8.16. The smallest absolute Gasteiger partial charge is 0.133 e. The van der Waals surface area contributed by atoms with E-state index in [9.17, 15) is 5.11 Å². The lowest BCUT2D eigenvalue weighted by Crippen LogP contribution is -2.40. The van der Waals surface area contributed by atoms with E-state index in [1.807, 2.05) is 32.1 Å². The van der Waals surface area contributed by atoms with Crippen molar-refractivity contribution in [3.63, 3.8) is 0 Å². The van der Waals surface area contributed by atoms with Gasteiger partial charge in [-0.15, -0.1) is 0 Å². The molecule has 1 unspecified atom stereocenters. The summed E-state index contributed by atoms with van der Waals surface area (Å²) < 4.78 is 5.94. The number of ether oxygens (including phenoxy) is 1. The molecule has 2 nitrogen and oxygen atoms in total. The monoisotopic (exact) mass is 290 g/mol. The average molecular weight is 290 g/mol. The largest absolute Gasteiger partial charge is 0.485 e. The number of aliphatic hydroxyl groups excluding tert-OH is 1. The fraction of sp³-hybridized carbons (Fsp3) is 0.579. The molecule has 0 bridgehead atoms. The van der Waals surface area contributed by atoms with Crippen LogP contribution in [0.15, 0.2) is 36.4 Å². The molecule has 0 heterocycles. The van der Waals surface area contributed by atoms with Crippen LogP contribution in [0.1, 0.15) is 58.9 Å². The molecule has 0 radical (unpaired) electrons. The number of aliphatic hydroxyl groups is 1. The molecule has 0 saturated carbocycles. The lowest BCUT2D eigenvalue weighted by molar-refractivity contribution is -0.00186. The van der Waals surface area contributed by atoms with Crippen LogP contribution >= 0.6 is 0 Å². The Morgan fingerprint density at radius 3 is 2.38 bits per heavy atom. The second-order valence-corrected chi connectivity index (χ2v) is 6.07. The molecule has 1 aromatic rings. The van der Waals surface area contributed by atoms with E-state index in [4.69, 9.17) is 4.74 Å². The first-order valence-corrected chi connectivity index (χ1v) is 8.12. The first-order valence-electron chi connectivity index (χ1n) is 8.12. The predicted octanol–water partition coefficient (Wildman–Crippen LogP) is 4.90. The van der Waals surface area contributed by atoms with E-state index in [1.54, 1.807) is 0 Å². The van der Waals surface area contributed by atoms with Gasteiger partial charge in [0.2, 0.25) is 0 Å². The minimum atomic E-state index is -0.630. The average Bonchev–Trinajstić information content (AvgIpc) is 2.47. The predicted molar refractivity (Wildman–Crippen MR) is 89.8 cm³/mol. The van der Waals surface area contributed by atoms with E-state index in [1.165, 1.54) is 24.8 Å². The number of hydrogen-bond donors (Lipinski definition) is 1. The summed E-state index contributed by atoms with van der Waals surface area (Å²) in [7, 11) is 0. The molecule has 21 heavy (non-hydrogen) atoms. The Labute approximate surface area is 129 Å². The van der Waals surface area contributed by atoms with Gasteiger partial charge in [-0.1, -0.05) is 51.0 Å². The van der Waals surface area contributed by atoms with Gasteiger partial charge in [0.15, 0.2) is 0 Å². The molecule has 0 saturated heterocycles. The molecule has 0 aliphatic carbocycles. The van der Waals surface area contributed by atoms with Gasteiger partial charge in [0, 0.05) is 0 Å². The summed E-state index contributed by atoms with van der Waals surface area (Å²) in [4.78, 5) is 0. The second kappa shape index (κ2) is 8.89. The zero-order chi connectivity index (χ0) is 15.7. The Morgan fingerprint density at radius 1 is 1.14 bits per heavy atom. The molecule has 2 heteroatoms. The molecular formula is C19H30O2. The standard InChI is InChI=1S/C19H30O2/c1-5-7-8-9-10-11-18(20)19(3,4)21-17-14-12-16(6-2)13-15-17/h10-15,18,20H,5-9H2,1-4H3/b11-10+.